The minimum absolute atomic E-state index is 0.000960. The van der Waals surface area contributed by atoms with Gasteiger partial charge in [-0.05, 0) is 50.8 Å². The van der Waals surface area contributed by atoms with Gasteiger partial charge in [-0.2, -0.15) is 0 Å². The summed E-state index contributed by atoms with van der Waals surface area (Å²) in [7, 11) is 1.78. The second-order valence-corrected chi connectivity index (χ2v) is 8.71. The molecule has 0 unspecified atom stereocenters. The summed E-state index contributed by atoms with van der Waals surface area (Å²) in [5.41, 5.74) is 2.59. The lowest BCUT2D eigenvalue weighted by Gasteiger charge is -2.18. The lowest BCUT2D eigenvalue weighted by Crippen LogP contribution is -2.30. The molecule has 164 valence electrons. The average Bonchev–Trinajstić information content (AvgIpc) is 2.73. The molecule has 7 heteroatoms. The molecule has 0 bridgehead atoms. The molecule has 1 amide bonds. The minimum Gasteiger partial charge on any atom is -0.343 e. The second kappa shape index (κ2) is 12.2. The first kappa shape index (κ1) is 24.5. The lowest BCUT2D eigenvalue weighted by atomic mass is 10.0. The molecule has 0 fully saturated rings. The van der Waals surface area contributed by atoms with Gasteiger partial charge in [0, 0.05) is 49.3 Å². The summed E-state index contributed by atoms with van der Waals surface area (Å²) in [5.74, 6) is 1.05. The normalized spacial score (nSPS) is 11.0. The first-order valence-corrected chi connectivity index (χ1v) is 12.0. The van der Waals surface area contributed by atoms with Gasteiger partial charge in [0.25, 0.3) is 5.56 Å². The quantitative estimate of drug-likeness (QED) is 0.283. The van der Waals surface area contributed by atoms with Crippen molar-refractivity contribution >= 4 is 29.3 Å². The summed E-state index contributed by atoms with van der Waals surface area (Å²) < 4.78 is 1.64. The van der Waals surface area contributed by atoms with Gasteiger partial charge in [0.2, 0.25) is 5.91 Å². The van der Waals surface area contributed by atoms with Crippen molar-refractivity contribution in [1.29, 1.82) is 0 Å². The van der Waals surface area contributed by atoms with Crippen LogP contribution in [0.5, 0.6) is 0 Å². The number of thioether (sulfide) groups is 1. The molecular weight excluding hydrogens is 418 g/mol. The van der Waals surface area contributed by atoms with Crippen molar-refractivity contribution in [1.82, 2.24) is 14.5 Å². The van der Waals surface area contributed by atoms with E-state index in [1.54, 1.807) is 23.4 Å². The zero-order valence-corrected chi connectivity index (χ0v) is 20.0. The predicted molar refractivity (Wildman–Crippen MR) is 126 cm³/mol. The molecule has 0 radical (unpaired) electrons. The van der Waals surface area contributed by atoms with Gasteiger partial charge in [-0.25, -0.2) is 4.98 Å². The van der Waals surface area contributed by atoms with E-state index in [9.17, 15) is 9.59 Å². The van der Waals surface area contributed by atoms with E-state index in [0.29, 0.717) is 24.3 Å². The van der Waals surface area contributed by atoms with Crippen LogP contribution in [0.1, 0.15) is 56.9 Å². The zero-order valence-electron chi connectivity index (χ0n) is 18.4. The van der Waals surface area contributed by atoms with E-state index in [0.717, 1.165) is 53.7 Å². The highest BCUT2D eigenvalue weighted by molar-refractivity contribution is 7.99. The SMILES string of the molecule is CCc1nc(SCCCCC(=O)N(CC)CC)n(C)c(=O)c1Cc1cccc(Cl)c1. The number of halogens is 1. The van der Waals surface area contributed by atoms with E-state index in [-0.39, 0.29) is 11.5 Å². The number of hydrogen-bond donors (Lipinski definition) is 0. The van der Waals surface area contributed by atoms with E-state index < -0.39 is 0 Å². The van der Waals surface area contributed by atoms with Crippen LogP contribution in [0.4, 0.5) is 0 Å². The highest BCUT2D eigenvalue weighted by Crippen LogP contribution is 2.20. The molecule has 5 nitrogen and oxygen atoms in total. The molecule has 2 aromatic rings. The van der Waals surface area contributed by atoms with Crippen LogP contribution in [0, 0.1) is 0 Å². The highest BCUT2D eigenvalue weighted by atomic mass is 35.5. The fraction of sp³-hybridized carbons (Fsp3) is 0.522. The van der Waals surface area contributed by atoms with Crippen LogP contribution in [0.3, 0.4) is 0 Å². The third-order valence-corrected chi connectivity index (χ3v) is 6.52. The van der Waals surface area contributed by atoms with Crippen molar-refractivity contribution < 1.29 is 4.79 Å². The van der Waals surface area contributed by atoms with Crippen LogP contribution in [0.25, 0.3) is 0 Å². The van der Waals surface area contributed by atoms with Gasteiger partial charge in [-0.3, -0.25) is 14.2 Å². The van der Waals surface area contributed by atoms with Gasteiger partial charge in [-0.1, -0.05) is 42.4 Å². The van der Waals surface area contributed by atoms with Crippen molar-refractivity contribution in [2.24, 2.45) is 7.05 Å². The average molecular weight is 450 g/mol. The summed E-state index contributed by atoms with van der Waals surface area (Å²) in [6.07, 6.45) is 3.58. The standard InChI is InChI=1S/C23H32ClN3O2S/c1-5-20-19(16-17-11-10-12-18(24)15-17)22(29)26(4)23(25-20)30-14-9-8-13-21(28)27(6-2)7-3/h10-12,15H,5-9,13-14,16H2,1-4H3. The van der Waals surface area contributed by atoms with Crippen LogP contribution >= 0.6 is 23.4 Å². The largest absolute Gasteiger partial charge is 0.343 e. The van der Waals surface area contributed by atoms with Crippen molar-refractivity contribution in [3.63, 3.8) is 0 Å². The monoisotopic (exact) mass is 449 g/mol. The summed E-state index contributed by atoms with van der Waals surface area (Å²) >= 11 is 7.68. The Kier molecular flexibility index (Phi) is 9.92. The maximum Gasteiger partial charge on any atom is 0.257 e. The summed E-state index contributed by atoms with van der Waals surface area (Å²) in [6.45, 7) is 7.56. The van der Waals surface area contributed by atoms with Gasteiger partial charge in [-0.15, -0.1) is 0 Å². The number of hydrogen-bond acceptors (Lipinski definition) is 4. The molecule has 0 aliphatic carbocycles. The Morgan fingerprint density at radius 2 is 1.93 bits per heavy atom. The number of amides is 1. The van der Waals surface area contributed by atoms with Crippen molar-refractivity contribution in [2.45, 2.75) is 58.0 Å². The van der Waals surface area contributed by atoms with Crippen LogP contribution in [0.15, 0.2) is 34.2 Å². The third kappa shape index (κ3) is 6.61. The second-order valence-electron chi connectivity index (χ2n) is 7.22. The number of unbranched alkanes of at least 4 members (excludes halogenated alkanes) is 1. The molecule has 0 saturated heterocycles. The maximum atomic E-state index is 13.0. The Labute approximate surface area is 188 Å². The lowest BCUT2D eigenvalue weighted by molar-refractivity contribution is -0.130. The number of nitrogens with zero attached hydrogens (tertiary/aromatic N) is 3. The molecule has 1 aromatic carbocycles. The molecule has 0 spiro atoms. The van der Waals surface area contributed by atoms with Crippen molar-refractivity contribution in [3.8, 4) is 0 Å². The Morgan fingerprint density at radius 3 is 2.57 bits per heavy atom. The maximum absolute atomic E-state index is 13.0. The van der Waals surface area contributed by atoms with Crippen molar-refractivity contribution in [2.75, 3.05) is 18.8 Å². The first-order valence-electron chi connectivity index (χ1n) is 10.6. The topological polar surface area (TPSA) is 55.2 Å². The van der Waals surface area contributed by atoms with Gasteiger partial charge >= 0.3 is 0 Å². The zero-order chi connectivity index (χ0) is 22.1. The van der Waals surface area contributed by atoms with E-state index in [1.165, 1.54) is 0 Å². The number of aryl methyl sites for hydroxylation is 1. The van der Waals surface area contributed by atoms with Gasteiger partial charge in [0.05, 0.1) is 5.69 Å². The number of rotatable bonds is 11. The van der Waals surface area contributed by atoms with Crippen LogP contribution in [-0.4, -0.2) is 39.2 Å². The molecule has 0 atom stereocenters. The predicted octanol–water partition coefficient (Wildman–Crippen LogP) is 4.72. The van der Waals surface area contributed by atoms with E-state index in [4.69, 9.17) is 16.6 Å². The Bertz CT molecular complexity index is 910. The summed E-state index contributed by atoms with van der Waals surface area (Å²) in [4.78, 5) is 31.7. The van der Waals surface area contributed by atoms with Crippen LogP contribution in [0.2, 0.25) is 5.02 Å². The number of aromatic nitrogens is 2. The summed E-state index contributed by atoms with van der Waals surface area (Å²) in [6, 6.07) is 7.60. The molecule has 0 saturated carbocycles. The molecular formula is C23H32ClN3O2S. The molecule has 2 rings (SSSR count). The number of carbonyl (C=O) groups is 1. The Morgan fingerprint density at radius 1 is 1.20 bits per heavy atom. The van der Waals surface area contributed by atoms with Crippen molar-refractivity contribution in [3.05, 3.63) is 56.5 Å². The first-order chi connectivity index (χ1) is 14.4. The molecule has 1 heterocycles. The van der Waals surface area contributed by atoms with Crippen LogP contribution < -0.4 is 5.56 Å². The van der Waals surface area contributed by atoms with Crippen LogP contribution in [-0.2, 0) is 24.7 Å². The minimum atomic E-state index is 0.000960. The fourth-order valence-electron chi connectivity index (χ4n) is 3.40. The smallest absolute Gasteiger partial charge is 0.257 e. The van der Waals surface area contributed by atoms with E-state index in [1.807, 2.05) is 49.9 Å². The molecule has 0 aliphatic heterocycles. The summed E-state index contributed by atoms with van der Waals surface area (Å²) in [5, 5.41) is 1.41. The van der Waals surface area contributed by atoms with Gasteiger partial charge < -0.3 is 4.90 Å². The van der Waals surface area contributed by atoms with E-state index >= 15 is 0 Å². The molecule has 1 aromatic heterocycles. The number of carbonyl (C=O) groups excluding carboxylic acids is 1. The van der Waals surface area contributed by atoms with E-state index in [2.05, 4.69) is 0 Å². The Hall–Kier alpha value is -1.79. The van der Waals surface area contributed by atoms with Gasteiger partial charge in [0.15, 0.2) is 5.16 Å². The molecule has 0 N–H and O–H groups in total. The number of benzene rings is 1. The fourth-order valence-corrected chi connectivity index (χ4v) is 4.59. The molecule has 0 aliphatic rings. The van der Waals surface area contributed by atoms with Gasteiger partial charge in [0.1, 0.15) is 0 Å². The third-order valence-electron chi connectivity index (χ3n) is 5.17. The highest BCUT2D eigenvalue weighted by Gasteiger charge is 2.15. The molecule has 30 heavy (non-hydrogen) atoms. The Balaban J connectivity index is 2.02.